The smallest absolute Gasteiger partial charge is 0.335 e. The number of carboxylic acids is 1. The van der Waals surface area contributed by atoms with E-state index in [1.54, 1.807) is 29.0 Å². The van der Waals surface area contributed by atoms with Gasteiger partial charge in [-0.05, 0) is 37.6 Å². The molecule has 0 saturated carbocycles. The molecule has 0 aliphatic heterocycles. The molecule has 1 aromatic carbocycles. The molecule has 1 N–H and O–H groups in total. The minimum atomic E-state index is -0.994. The summed E-state index contributed by atoms with van der Waals surface area (Å²) in [4.78, 5) is 15.2. The van der Waals surface area contributed by atoms with Gasteiger partial charge in [0.15, 0.2) is 0 Å². The van der Waals surface area contributed by atoms with Crippen LogP contribution in [0.15, 0.2) is 36.7 Å². The lowest BCUT2D eigenvalue weighted by Gasteiger charge is -2.09. The Kier molecular flexibility index (Phi) is 3.06. The van der Waals surface area contributed by atoms with Crippen molar-refractivity contribution in [3.8, 4) is 11.6 Å². The standard InChI is InChI=1S/C15H13N3O3/c1-9-3-4-11(15(19)20)8-13(9)21-14-12-7-10(2)17-18(12)6-5-16-14/h3-8H,1-2H3,(H,19,20). The monoisotopic (exact) mass is 283 g/mol. The Morgan fingerprint density at radius 3 is 2.86 bits per heavy atom. The number of ether oxygens (including phenoxy) is 1. The average Bonchev–Trinajstić information content (AvgIpc) is 2.82. The molecule has 0 saturated heterocycles. The minimum absolute atomic E-state index is 0.173. The fourth-order valence-electron chi connectivity index (χ4n) is 2.05. The summed E-state index contributed by atoms with van der Waals surface area (Å²) in [5, 5.41) is 13.3. The highest BCUT2D eigenvalue weighted by Gasteiger charge is 2.11. The zero-order chi connectivity index (χ0) is 15.0. The van der Waals surface area contributed by atoms with Gasteiger partial charge in [0.05, 0.1) is 11.3 Å². The summed E-state index contributed by atoms with van der Waals surface area (Å²) < 4.78 is 7.47. The lowest BCUT2D eigenvalue weighted by Crippen LogP contribution is -1.99. The van der Waals surface area contributed by atoms with Crippen LogP contribution in [0, 0.1) is 13.8 Å². The Balaban J connectivity index is 2.06. The molecular formula is C15H13N3O3. The normalized spacial score (nSPS) is 10.8. The van der Waals surface area contributed by atoms with E-state index in [-0.39, 0.29) is 5.56 Å². The molecule has 106 valence electrons. The lowest BCUT2D eigenvalue weighted by molar-refractivity contribution is 0.0696. The maximum absolute atomic E-state index is 11.0. The van der Waals surface area contributed by atoms with E-state index >= 15 is 0 Å². The molecule has 0 spiro atoms. The molecule has 2 aromatic heterocycles. The van der Waals surface area contributed by atoms with Crippen LogP contribution in [0.4, 0.5) is 0 Å². The number of aromatic nitrogens is 3. The van der Waals surface area contributed by atoms with E-state index in [2.05, 4.69) is 10.1 Å². The van der Waals surface area contributed by atoms with Crippen LogP contribution < -0.4 is 4.74 Å². The summed E-state index contributed by atoms with van der Waals surface area (Å²) in [6, 6.07) is 6.60. The van der Waals surface area contributed by atoms with Crippen LogP contribution in [0.25, 0.3) is 5.52 Å². The number of aryl methyl sites for hydroxylation is 2. The highest BCUT2D eigenvalue weighted by molar-refractivity contribution is 5.88. The lowest BCUT2D eigenvalue weighted by atomic mass is 10.1. The molecule has 21 heavy (non-hydrogen) atoms. The van der Waals surface area contributed by atoms with Crippen LogP contribution in [0.1, 0.15) is 21.6 Å². The van der Waals surface area contributed by atoms with Gasteiger partial charge in [-0.3, -0.25) is 0 Å². The zero-order valence-electron chi connectivity index (χ0n) is 11.6. The van der Waals surface area contributed by atoms with Gasteiger partial charge in [0, 0.05) is 12.4 Å². The zero-order valence-corrected chi connectivity index (χ0v) is 11.6. The number of hydrogen-bond acceptors (Lipinski definition) is 4. The molecule has 0 amide bonds. The number of nitrogens with zero attached hydrogens (tertiary/aromatic N) is 3. The van der Waals surface area contributed by atoms with Crippen molar-refractivity contribution in [2.45, 2.75) is 13.8 Å². The Morgan fingerprint density at radius 2 is 2.10 bits per heavy atom. The number of carbonyl (C=O) groups is 1. The summed E-state index contributed by atoms with van der Waals surface area (Å²) >= 11 is 0. The minimum Gasteiger partial charge on any atom is -0.478 e. The van der Waals surface area contributed by atoms with Crippen LogP contribution in [0.2, 0.25) is 0 Å². The van der Waals surface area contributed by atoms with Crippen LogP contribution in [0.3, 0.4) is 0 Å². The van der Waals surface area contributed by atoms with Gasteiger partial charge in [-0.2, -0.15) is 5.10 Å². The van der Waals surface area contributed by atoms with Gasteiger partial charge in [0.25, 0.3) is 0 Å². The fourth-order valence-corrected chi connectivity index (χ4v) is 2.05. The fraction of sp³-hybridized carbons (Fsp3) is 0.133. The topological polar surface area (TPSA) is 76.7 Å². The van der Waals surface area contributed by atoms with Crippen molar-refractivity contribution in [3.63, 3.8) is 0 Å². The first kappa shape index (κ1) is 13.1. The van der Waals surface area contributed by atoms with Crippen LogP contribution in [-0.2, 0) is 0 Å². The van der Waals surface area contributed by atoms with Gasteiger partial charge in [0.1, 0.15) is 11.3 Å². The average molecular weight is 283 g/mol. The van der Waals surface area contributed by atoms with E-state index in [4.69, 9.17) is 9.84 Å². The molecular weight excluding hydrogens is 270 g/mol. The van der Waals surface area contributed by atoms with Crippen molar-refractivity contribution >= 4 is 11.5 Å². The largest absolute Gasteiger partial charge is 0.478 e. The summed E-state index contributed by atoms with van der Waals surface area (Å²) in [5.74, 6) is -0.135. The molecule has 0 unspecified atom stereocenters. The number of hydrogen-bond donors (Lipinski definition) is 1. The Bertz CT molecular complexity index is 839. The second-order valence-corrected chi connectivity index (χ2v) is 4.74. The second-order valence-electron chi connectivity index (χ2n) is 4.74. The summed E-state index contributed by atoms with van der Waals surface area (Å²) in [6.45, 7) is 3.73. The van der Waals surface area contributed by atoms with Crippen molar-refractivity contribution in [2.24, 2.45) is 0 Å². The molecule has 2 heterocycles. The van der Waals surface area contributed by atoms with E-state index in [1.165, 1.54) is 6.07 Å². The van der Waals surface area contributed by atoms with Gasteiger partial charge in [-0.1, -0.05) is 6.07 Å². The molecule has 0 bridgehead atoms. The Morgan fingerprint density at radius 1 is 1.29 bits per heavy atom. The van der Waals surface area contributed by atoms with Crippen molar-refractivity contribution in [2.75, 3.05) is 0 Å². The molecule has 0 fully saturated rings. The predicted molar refractivity (Wildman–Crippen MR) is 75.9 cm³/mol. The van der Waals surface area contributed by atoms with Gasteiger partial charge in [-0.15, -0.1) is 0 Å². The highest BCUT2D eigenvalue weighted by atomic mass is 16.5. The summed E-state index contributed by atoms with van der Waals surface area (Å²) in [7, 11) is 0. The molecule has 6 heteroatoms. The van der Waals surface area contributed by atoms with Crippen molar-refractivity contribution in [1.29, 1.82) is 0 Å². The van der Waals surface area contributed by atoms with Gasteiger partial charge < -0.3 is 9.84 Å². The Hall–Kier alpha value is -2.89. The maximum atomic E-state index is 11.0. The Labute approximate surface area is 120 Å². The quantitative estimate of drug-likeness (QED) is 0.799. The summed E-state index contributed by atoms with van der Waals surface area (Å²) in [5.41, 5.74) is 2.59. The van der Waals surface area contributed by atoms with Crippen molar-refractivity contribution in [1.82, 2.24) is 14.6 Å². The SMILES string of the molecule is Cc1cc2c(Oc3cc(C(=O)O)ccc3C)nccn2n1. The van der Waals surface area contributed by atoms with E-state index < -0.39 is 5.97 Å². The number of rotatable bonds is 3. The molecule has 3 aromatic rings. The number of carboxylic acid groups (broad SMARTS) is 1. The van der Waals surface area contributed by atoms with Crippen LogP contribution in [0.5, 0.6) is 11.6 Å². The predicted octanol–water partition coefficient (Wildman–Crippen LogP) is 2.84. The first-order chi connectivity index (χ1) is 10.0. The molecule has 0 aliphatic carbocycles. The highest BCUT2D eigenvalue weighted by Crippen LogP contribution is 2.27. The van der Waals surface area contributed by atoms with E-state index in [0.717, 1.165) is 16.8 Å². The van der Waals surface area contributed by atoms with E-state index in [0.29, 0.717) is 11.6 Å². The molecule has 0 aliphatic rings. The van der Waals surface area contributed by atoms with Crippen molar-refractivity contribution in [3.05, 3.63) is 53.5 Å². The molecule has 6 nitrogen and oxygen atoms in total. The number of benzene rings is 1. The third kappa shape index (κ3) is 2.43. The third-order valence-corrected chi connectivity index (χ3v) is 3.12. The molecule has 3 rings (SSSR count). The van der Waals surface area contributed by atoms with Gasteiger partial charge in [-0.25, -0.2) is 14.3 Å². The number of aromatic carboxylic acids is 1. The maximum Gasteiger partial charge on any atom is 0.335 e. The van der Waals surface area contributed by atoms with Gasteiger partial charge in [0.2, 0.25) is 5.88 Å². The van der Waals surface area contributed by atoms with Crippen molar-refractivity contribution < 1.29 is 14.6 Å². The first-order valence-electron chi connectivity index (χ1n) is 6.37. The van der Waals surface area contributed by atoms with Crippen LogP contribution >= 0.6 is 0 Å². The second kappa shape index (κ2) is 4.90. The number of fused-ring (bicyclic) bond motifs is 1. The van der Waals surface area contributed by atoms with Gasteiger partial charge >= 0.3 is 5.97 Å². The third-order valence-electron chi connectivity index (χ3n) is 3.12. The van der Waals surface area contributed by atoms with Crippen LogP contribution in [-0.4, -0.2) is 25.7 Å². The molecule has 0 radical (unpaired) electrons. The first-order valence-corrected chi connectivity index (χ1v) is 6.37. The van der Waals surface area contributed by atoms with E-state index in [9.17, 15) is 4.79 Å². The molecule has 0 atom stereocenters. The van der Waals surface area contributed by atoms with E-state index in [1.807, 2.05) is 19.9 Å². The summed E-state index contributed by atoms with van der Waals surface area (Å²) in [6.07, 6.45) is 3.32.